The van der Waals surface area contributed by atoms with Crippen molar-refractivity contribution in [2.75, 3.05) is 23.5 Å². The van der Waals surface area contributed by atoms with Gasteiger partial charge in [0.1, 0.15) is 0 Å². The third kappa shape index (κ3) is 3.94. The maximum absolute atomic E-state index is 12.4. The van der Waals surface area contributed by atoms with E-state index in [4.69, 9.17) is 23.2 Å². The first-order valence-electron chi connectivity index (χ1n) is 6.40. The average Bonchev–Trinajstić information content (AvgIpc) is 2.72. The van der Waals surface area contributed by atoms with E-state index in [0.29, 0.717) is 21.5 Å². The van der Waals surface area contributed by atoms with E-state index in [9.17, 15) is 14.4 Å². The number of amides is 2. The van der Waals surface area contributed by atoms with Gasteiger partial charge < -0.3 is 4.74 Å². The van der Waals surface area contributed by atoms with E-state index in [1.807, 2.05) is 0 Å². The fourth-order valence-electron chi connectivity index (χ4n) is 2.11. The molecule has 0 N–H and O–H groups in total. The van der Waals surface area contributed by atoms with Gasteiger partial charge in [0.05, 0.1) is 24.5 Å². The minimum Gasteiger partial charge on any atom is -0.468 e. The van der Waals surface area contributed by atoms with Crippen LogP contribution in [0.15, 0.2) is 18.2 Å². The van der Waals surface area contributed by atoms with Crippen LogP contribution in [0.3, 0.4) is 0 Å². The lowest BCUT2D eigenvalue weighted by Crippen LogP contribution is -2.31. The topological polar surface area (TPSA) is 63.7 Å². The molecule has 1 heterocycles. The molecule has 0 spiro atoms. The summed E-state index contributed by atoms with van der Waals surface area (Å²) in [5, 5.41) is 0.707. The fourth-order valence-corrected chi connectivity index (χ4v) is 3.57. The number of carbonyl (C=O) groups is 3. The first kappa shape index (κ1) is 17.1. The van der Waals surface area contributed by atoms with Gasteiger partial charge in [-0.25, -0.2) is 0 Å². The lowest BCUT2D eigenvalue weighted by molar-refractivity contribution is -0.137. The van der Waals surface area contributed by atoms with Crippen molar-refractivity contribution < 1.29 is 19.1 Å². The molecule has 1 aromatic rings. The number of nitrogens with zero attached hydrogens (tertiary/aromatic N) is 1. The third-order valence-electron chi connectivity index (χ3n) is 3.11. The standard InChI is InChI=1S/C14H13Cl2NO4S/c1-21-13(19)7-22-6-8-2-12(18)17(14(8)20)11-4-9(15)3-10(16)5-11/h3-5,8H,2,6-7H2,1H3. The van der Waals surface area contributed by atoms with Gasteiger partial charge in [-0.15, -0.1) is 11.8 Å². The minimum absolute atomic E-state index is 0.108. The third-order valence-corrected chi connectivity index (χ3v) is 4.63. The Labute approximate surface area is 141 Å². The van der Waals surface area contributed by atoms with E-state index in [-0.39, 0.29) is 30.0 Å². The van der Waals surface area contributed by atoms with Gasteiger partial charge in [0.15, 0.2) is 0 Å². The van der Waals surface area contributed by atoms with Gasteiger partial charge in [0, 0.05) is 22.2 Å². The molecule has 2 amide bonds. The molecule has 2 rings (SSSR count). The molecular formula is C14H13Cl2NO4S. The molecule has 1 fully saturated rings. The van der Waals surface area contributed by atoms with E-state index in [1.54, 1.807) is 0 Å². The molecular weight excluding hydrogens is 349 g/mol. The first-order valence-corrected chi connectivity index (χ1v) is 8.31. The maximum Gasteiger partial charge on any atom is 0.315 e. The average molecular weight is 362 g/mol. The number of hydrogen-bond donors (Lipinski definition) is 0. The van der Waals surface area contributed by atoms with Crippen LogP contribution >= 0.6 is 35.0 Å². The zero-order valence-corrected chi connectivity index (χ0v) is 14.0. The van der Waals surface area contributed by atoms with Gasteiger partial charge >= 0.3 is 5.97 Å². The molecule has 0 bridgehead atoms. The summed E-state index contributed by atoms with van der Waals surface area (Å²) >= 11 is 13.1. The number of esters is 1. The second-order valence-corrected chi connectivity index (χ2v) is 6.59. The van der Waals surface area contributed by atoms with Crippen LogP contribution < -0.4 is 4.90 Å². The Morgan fingerprint density at radius 3 is 2.55 bits per heavy atom. The van der Waals surface area contributed by atoms with Crippen molar-refractivity contribution in [2.24, 2.45) is 5.92 Å². The van der Waals surface area contributed by atoms with E-state index < -0.39 is 5.92 Å². The molecule has 1 atom stereocenters. The molecule has 0 aliphatic carbocycles. The molecule has 0 saturated carbocycles. The lowest BCUT2D eigenvalue weighted by atomic mass is 10.1. The molecule has 1 aliphatic heterocycles. The molecule has 5 nitrogen and oxygen atoms in total. The molecule has 22 heavy (non-hydrogen) atoms. The molecule has 1 unspecified atom stereocenters. The predicted molar refractivity (Wildman–Crippen MR) is 86.4 cm³/mol. The van der Waals surface area contributed by atoms with Gasteiger partial charge in [0.2, 0.25) is 11.8 Å². The Kier molecular flexibility index (Phi) is 5.72. The summed E-state index contributed by atoms with van der Waals surface area (Å²) in [6, 6.07) is 4.57. The summed E-state index contributed by atoms with van der Waals surface area (Å²) in [6.07, 6.45) is 0.108. The monoisotopic (exact) mass is 361 g/mol. The summed E-state index contributed by atoms with van der Waals surface area (Å²) in [4.78, 5) is 36.6. The number of benzene rings is 1. The van der Waals surface area contributed by atoms with Gasteiger partial charge in [-0.1, -0.05) is 23.2 Å². The van der Waals surface area contributed by atoms with Crippen molar-refractivity contribution >= 4 is 58.4 Å². The van der Waals surface area contributed by atoms with Crippen LogP contribution in [0.25, 0.3) is 0 Å². The smallest absolute Gasteiger partial charge is 0.315 e. The molecule has 0 aromatic heterocycles. The molecule has 1 aliphatic rings. The van der Waals surface area contributed by atoms with Crippen LogP contribution in [0, 0.1) is 5.92 Å². The Morgan fingerprint density at radius 1 is 1.32 bits per heavy atom. The second kappa shape index (κ2) is 7.35. The van der Waals surface area contributed by atoms with Crippen LogP contribution in [0.2, 0.25) is 10.0 Å². The lowest BCUT2D eigenvalue weighted by Gasteiger charge is -2.15. The Hall–Kier alpha value is -1.24. The highest BCUT2D eigenvalue weighted by Crippen LogP contribution is 2.32. The summed E-state index contributed by atoms with van der Waals surface area (Å²) in [7, 11) is 1.30. The van der Waals surface area contributed by atoms with Gasteiger partial charge in [0.25, 0.3) is 0 Å². The fraction of sp³-hybridized carbons (Fsp3) is 0.357. The summed E-state index contributed by atoms with van der Waals surface area (Å²) < 4.78 is 4.53. The Morgan fingerprint density at radius 2 is 1.95 bits per heavy atom. The van der Waals surface area contributed by atoms with E-state index >= 15 is 0 Å². The van der Waals surface area contributed by atoms with E-state index in [1.165, 1.54) is 37.1 Å². The number of anilines is 1. The number of carbonyl (C=O) groups excluding carboxylic acids is 3. The first-order chi connectivity index (χ1) is 10.4. The van der Waals surface area contributed by atoms with Crippen molar-refractivity contribution in [2.45, 2.75) is 6.42 Å². The minimum atomic E-state index is -0.458. The highest BCUT2D eigenvalue weighted by Gasteiger charge is 2.39. The number of hydrogen-bond acceptors (Lipinski definition) is 5. The van der Waals surface area contributed by atoms with E-state index in [2.05, 4.69) is 4.74 Å². The van der Waals surface area contributed by atoms with E-state index in [0.717, 1.165) is 4.90 Å². The summed E-state index contributed by atoms with van der Waals surface area (Å²) in [5.74, 6) is -0.894. The predicted octanol–water partition coefficient (Wildman–Crippen LogP) is 2.78. The van der Waals surface area contributed by atoms with Crippen LogP contribution in [0.5, 0.6) is 0 Å². The number of thioether (sulfide) groups is 1. The quantitative estimate of drug-likeness (QED) is 0.595. The maximum atomic E-state index is 12.4. The van der Waals surface area contributed by atoms with Gasteiger partial charge in [-0.3, -0.25) is 19.3 Å². The number of halogens is 2. The van der Waals surface area contributed by atoms with Crippen molar-refractivity contribution in [3.05, 3.63) is 28.2 Å². The zero-order valence-electron chi connectivity index (χ0n) is 11.7. The highest BCUT2D eigenvalue weighted by molar-refractivity contribution is 7.99. The van der Waals surface area contributed by atoms with Crippen LogP contribution in [0.4, 0.5) is 5.69 Å². The van der Waals surface area contributed by atoms with Crippen molar-refractivity contribution in [3.63, 3.8) is 0 Å². The van der Waals surface area contributed by atoms with Crippen molar-refractivity contribution in [1.29, 1.82) is 0 Å². The summed E-state index contributed by atoms with van der Waals surface area (Å²) in [5.41, 5.74) is 0.368. The van der Waals surface area contributed by atoms with Crippen molar-refractivity contribution in [1.82, 2.24) is 0 Å². The van der Waals surface area contributed by atoms with Gasteiger partial charge in [-0.2, -0.15) is 0 Å². The number of methoxy groups -OCH3 is 1. The van der Waals surface area contributed by atoms with Gasteiger partial charge in [-0.05, 0) is 18.2 Å². The Bertz CT molecular complexity index is 603. The number of rotatable bonds is 5. The zero-order chi connectivity index (χ0) is 16.3. The number of imide groups is 1. The molecule has 1 aromatic carbocycles. The van der Waals surface area contributed by atoms with Crippen LogP contribution in [-0.2, 0) is 19.1 Å². The largest absolute Gasteiger partial charge is 0.468 e. The summed E-state index contributed by atoms with van der Waals surface area (Å²) in [6.45, 7) is 0. The van der Waals surface area contributed by atoms with Crippen molar-refractivity contribution in [3.8, 4) is 0 Å². The van der Waals surface area contributed by atoms with Crippen LogP contribution in [-0.4, -0.2) is 36.4 Å². The molecule has 118 valence electrons. The highest BCUT2D eigenvalue weighted by atomic mass is 35.5. The molecule has 0 radical (unpaired) electrons. The second-order valence-electron chi connectivity index (χ2n) is 4.69. The molecule has 8 heteroatoms. The molecule has 1 saturated heterocycles. The van der Waals surface area contributed by atoms with Crippen LogP contribution in [0.1, 0.15) is 6.42 Å². The SMILES string of the molecule is COC(=O)CSCC1CC(=O)N(c2cc(Cl)cc(Cl)c2)C1=O. The normalized spacial score (nSPS) is 18.0. The number of ether oxygens (including phenoxy) is 1. The Balaban J connectivity index is 2.07.